The van der Waals surface area contributed by atoms with Gasteiger partial charge in [0.2, 0.25) is 0 Å². The smallest absolute Gasteiger partial charge is 0.258 e. The zero-order valence-electron chi connectivity index (χ0n) is 10.6. The van der Waals surface area contributed by atoms with Crippen LogP contribution in [-0.4, -0.2) is 36.3 Å². The van der Waals surface area contributed by atoms with Crippen LogP contribution in [0.5, 0.6) is 0 Å². The lowest BCUT2D eigenvalue weighted by Crippen LogP contribution is -2.12. The Morgan fingerprint density at radius 2 is 2.30 bits per heavy atom. The Hall–Kier alpha value is -3.03. The van der Waals surface area contributed by atoms with Crippen LogP contribution in [0, 0.1) is 6.92 Å². The van der Waals surface area contributed by atoms with E-state index in [2.05, 4.69) is 31.0 Å². The number of hydrogen-bond acceptors (Lipinski definition) is 5. The third kappa shape index (κ3) is 2.26. The second-order valence-electron chi connectivity index (χ2n) is 4.19. The number of tetrazole rings is 1. The third-order valence-electron chi connectivity index (χ3n) is 2.84. The molecule has 20 heavy (non-hydrogen) atoms. The fourth-order valence-corrected chi connectivity index (χ4v) is 1.74. The van der Waals surface area contributed by atoms with Crippen molar-refractivity contribution < 1.29 is 4.79 Å². The molecule has 2 heterocycles. The molecule has 0 radical (unpaired) electrons. The average molecular weight is 269 g/mol. The molecule has 0 aliphatic rings. The van der Waals surface area contributed by atoms with E-state index in [0.29, 0.717) is 11.3 Å². The van der Waals surface area contributed by atoms with E-state index in [-0.39, 0.29) is 5.91 Å². The highest BCUT2D eigenvalue weighted by molar-refractivity contribution is 6.04. The number of aromatic nitrogens is 6. The summed E-state index contributed by atoms with van der Waals surface area (Å²) in [5.41, 5.74) is 2.88. The first-order chi connectivity index (χ1) is 9.74. The molecule has 0 aliphatic carbocycles. The van der Waals surface area contributed by atoms with E-state index in [4.69, 9.17) is 0 Å². The van der Waals surface area contributed by atoms with E-state index in [9.17, 15) is 4.79 Å². The van der Waals surface area contributed by atoms with Gasteiger partial charge in [-0.1, -0.05) is 6.07 Å². The van der Waals surface area contributed by atoms with Crippen molar-refractivity contribution in [3.05, 3.63) is 48.0 Å². The topological polar surface area (TPSA) is 101 Å². The SMILES string of the molecule is Cc1ccc(-n2cnnn2)cc1NC(=O)c1cn[nH]c1. The summed E-state index contributed by atoms with van der Waals surface area (Å²) in [7, 11) is 0. The summed E-state index contributed by atoms with van der Waals surface area (Å²) in [5.74, 6) is -0.226. The summed E-state index contributed by atoms with van der Waals surface area (Å²) in [5, 5.41) is 20.2. The van der Waals surface area contributed by atoms with Crippen molar-refractivity contribution in [1.82, 2.24) is 30.4 Å². The lowest BCUT2D eigenvalue weighted by Gasteiger charge is -2.09. The van der Waals surface area contributed by atoms with Crippen LogP contribution in [0.25, 0.3) is 5.69 Å². The first-order valence-electron chi connectivity index (χ1n) is 5.88. The number of aryl methyl sites for hydroxylation is 1. The van der Waals surface area contributed by atoms with Gasteiger partial charge in [-0.2, -0.15) is 5.10 Å². The van der Waals surface area contributed by atoms with Crippen molar-refractivity contribution in [1.29, 1.82) is 0 Å². The van der Waals surface area contributed by atoms with E-state index >= 15 is 0 Å². The first-order valence-corrected chi connectivity index (χ1v) is 5.88. The highest BCUT2D eigenvalue weighted by Crippen LogP contribution is 2.19. The normalized spacial score (nSPS) is 10.4. The van der Waals surface area contributed by atoms with Crippen LogP contribution in [0.3, 0.4) is 0 Å². The lowest BCUT2D eigenvalue weighted by molar-refractivity contribution is 0.102. The van der Waals surface area contributed by atoms with E-state index in [1.807, 2.05) is 25.1 Å². The van der Waals surface area contributed by atoms with Gasteiger partial charge in [-0.3, -0.25) is 9.89 Å². The quantitative estimate of drug-likeness (QED) is 0.737. The van der Waals surface area contributed by atoms with Gasteiger partial charge in [0.1, 0.15) is 6.33 Å². The summed E-state index contributed by atoms with van der Waals surface area (Å²) in [4.78, 5) is 12.0. The van der Waals surface area contributed by atoms with Gasteiger partial charge in [0.15, 0.2) is 0 Å². The van der Waals surface area contributed by atoms with Crippen molar-refractivity contribution in [3.63, 3.8) is 0 Å². The Bertz CT molecular complexity index is 718. The fourth-order valence-electron chi connectivity index (χ4n) is 1.74. The van der Waals surface area contributed by atoms with Gasteiger partial charge >= 0.3 is 0 Å². The van der Waals surface area contributed by atoms with Crippen LogP contribution >= 0.6 is 0 Å². The van der Waals surface area contributed by atoms with Gasteiger partial charge in [-0.15, -0.1) is 5.10 Å². The Balaban J connectivity index is 1.89. The molecule has 2 aromatic heterocycles. The molecule has 0 spiro atoms. The highest BCUT2D eigenvalue weighted by Gasteiger charge is 2.10. The molecule has 1 amide bonds. The fraction of sp³-hybridized carbons (Fsp3) is 0.0833. The number of anilines is 1. The summed E-state index contributed by atoms with van der Waals surface area (Å²) in [6, 6.07) is 5.57. The van der Waals surface area contributed by atoms with Crippen LogP contribution in [0.4, 0.5) is 5.69 Å². The minimum absolute atomic E-state index is 0.226. The van der Waals surface area contributed by atoms with Crippen molar-refractivity contribution >= 4 is 11.6 Å². The number of rotatable bonds is 3. The number of nitrogens with one attached hydrogen (secondary N) is 2. The molecule has 8 nitrogen and oxygen atoms in total. The molecule has 3 aromatic rings. The maximum atomic E-state index is 12.0. The number of benzene rings is 1. The predicted octanol–water partition coefficient (Wildman–Crippen LogP) is 0.946. The van der Waals surface area contributed by atoms with Crippen molar-refractivity contribution in [2.24, 2.45) is 0 Å². The predicted molar refractivity (Wildman–Crippen MR) is 70.4 cm³/mol. The van der Waals surface area contributed by atoms with Gasteiger partial charge in [0.05, 0.1) is 17.4 Å². The Labute approximate surface area is 113 Å². The van der Waals surface area contributed by atoms with Gasteiger partial charge in [0, 0.05) is 11.9 Å². The number of carbonyl (C=O) groups excluding carboxylic acids is 1. The Kier molecular flexibility index (Phi) is 2.96. The minimum atomic E-state index is -0.226. The molecule has 2 N–H and O–H groups in total. The molecule has 100 valence electrons. The van der Waals surface area contributed by atoms with Crippen molar-refractivity contribution in [2.45, 2.75) is 6.92 Å². The Morgan fingerprint density at radius 1 is 1.40 bits per heavy atom. The monoisotopic (exact) mass is 269 g/mol. The van der Waals surface area contributed by atoms with E-state index in [1.54, 1.807) is 0 Å². The van der Waals surface area contributed by atoms with Crippen molar-refractivity contribution in [3.8, 4) is 5.69 Å². The van der Waals surface area contributed by atoms with E-state index in [0.717, 1.165) is 11.3 Å². The molecule has 0 bridgehead atoms. The van der Waals surface area contributed by atoms with Crippen LogP contribution in [0.1, 0.15) is 15.9 Å². The summed E-state index contributed by atoms with van der Waals surface area (Å²) >= 11 is 0. The standard InChI is InChI=1S/C12H11N7O/c1-8-2-3-10(19-7-15-17-18-19)4-11(8)16-12(20)9-5-13-14-6-9/h2-7H,1H3,(H,13,14)(H,16,20). The third-order valence-corrected chi connectivity index (χ3v) is 2.84. The molecule has 8 heteroatoms. The molecular formula is C12H11N7O. The van der Waals surface area contributed by atoms with Gasteiger partial charge in [0.25, 0.3) is 5.91 Å². The largest absolute Gasteiger partial charge is 0.322 e. The average Bonchev–Trinajstić information content (AvgIpc) is 3.14. The molecule has 0 atom stereocenters. The zero-order valence-corrected chi connectivity index (χ0v) is 10.6. The second kappa shape index (κ2) is 4.92. The molecule has 3 rings (SSSR count). The summed E-state index contributed by atoms with van der Waals surface area (Å²) < 4.78 is 1.52. The molecule has 0 aliphatic heterocycles. The van der Waals surface area contributed by atoms with Crippen LogP contribution in [0.15, 0.2) is 36.9 Å². The van der Waals surface area contributed by atoms with Crippen LogP contribution in [-0.2, 0) is 0 Å². The van der Waals surface area contributed by atoms with Crippen LogP contribution < -0.4 is 5.32 Å². The second-order valence-corrected chi connectivity index (χ2v) is 4.19. The summed E-state index contributed by atoms with van der Waals surface area (Å²) in [6.07, 6.45) is 4.50. The van der Waals surface area contributed by atoms with Gasteiger partial charge in [-0.25, -0.2) is 4.68 Å². The molecule has 0 saturated carbocycles. The zero-order chi connectivity index (χ0) is 13.9. The number of nitrogens with zero attached hydrogens (tertiary/aromatic N) is 5. The van der Waals surface area contributed by atoms with Crippen molar-refractivity contribution in [2.75, 3.05) is 5.32 Å². The first kappa shape index (κ1) is 12.0. The van der Waals surface area contributed by atoms with Gasteiger partial charge in [-0.05, 0) is 35.0 Å². The number of H-pyrrole nitrogens is 1. The van der Waals surface area contributed by atoms with Gasteiger partial charge < -0.3 is 5.32 Å². The minimum Gasteiger partial charge on any atom is -0.322 e. The molecule has 0 fully saturated rings. The van der Waals surface area contributed by atoms with E-state index in [1.165, 1.54) is 23.4 Å². The number of hydrogen-bond donors (Lipinski definition) is 2. The number of amides is 1. The number of carbonyl (C=O) groups is 1. The van der Waals surface area contributed by atoms with E-state index < -0.39 is 0 Å². The number of aromatic amines is 1. The summed E-state index contributed by atoms with van der Waals surface area (Å²) in [6.45, 7) is 1.91. The maximum Gasteiger partial charge on any atom is 0.258 e. The Morgan fingerprint density at radius 3 is 3.00 bits per heavy atom. The maximum absolute atomic E-state index is 12.0. The molecular weight excluding hydrogens is 258 g/mol. The molecule has 0 saturated heterocycles. The highest BCUT2D eigenvalue weighted by atomic mass is 16.1. The lowest BCUT2D eigenvalue weighted by atomic mass is 10.1. The molecule has 0 unspecified atom stereocenters. The molecule has 1 aromatic carbocycles. The van der Waals surface area contributed by atoms with Crippen LogP contribution in [0.2, 0.25) is 0 Å².